The molecule has 0 aliphatic carbocycles. The van der Waals surface area contributed by atoms with Gasteiger partial charge in [0.1, 0.15) is 5.82 Å². The van der Waals surface area contributed by atoms with Crippen LogP contribution in [0, 0.1) is 13.8 Å². The van der Waals surface area contributed by atoms with Crippen LogP contribution in [-0.4, -0.2) is 30.9 Å². The number of H-pyrrole nitrogens is 1. The Labute approximate surface area is 116 Å². The van der Waals surface area contributed by atoms with Gasteiger partial charge in [0, 0.05) is 18.7 Å². The number of aromatic nitrogens is 5. The van der Waals surface area contributed by atoms with E-state index in [2.05, 4.69) is 30.3 Å². The lowest BCUT2D eigenvalue weighted by atomic mass is 10.1. The van der Waals surface area contributed by atoms with E-state index in [0.717, 1.165) is 36.7 Å². The van der Waals surface area contributed by atoms with E-state index in [1.807, 2.05) is 20.8 Å². The molecule has 106 valence electrons. The molecule has 0 bridgehead atoms. The average Bonchev–Trinajstić information content (AvgIpc) is 3.04. The molecule has 2 aromatic heterocycles. The number of hydrogen-bond acceptors (Lipinski definition) is 4. The number of aromatic amines is 1. The molecule has 0 spiro atoms. The predicted octanol–water partition coefficient (Wildman–Crippen LogP) is 1.06. The summed E-state index contributed by atoms with van der Waals surface area (Å²) in [5.41, 5.74) is 2.09. The quantitative estimate of drug-likeness (QED) is 0.875. The van der Waals surface area contributed by atoms with Crippen molar-refractivity contribution < 1.29 is 4.79 Å². The van der Waals surface area contributed by atoms with Gasteiger partial charge in [0.05, 0.1) is 17.3 Å². The van der Waals surface area contributed by atoms with Gasteiger partial charge in [-0.3, -0.25) is 9.89 Å². The number of rotatable bonds is 3. The number of carbonyl (C=O) groups excluding carboxylic acids is 1. The lowest BCUT2D eigenvalue weighted by Crippen LogP contribution is -2.29. The molecule has 7 nitrogen and oxygen atoms in total. The first-order chi connectivity index (χ1) is 9.58. The monoisotopic (exact) mass is 274 g/mol. The van der Waals surface area contributed by atoms with E-state index in [9.17, 15) is 4.79 Å². The molecular formula is C13H18N6O. The zero-order valence-corrected chi connectivity index (χ0v) is 11.9. The van der Waals surface area contributed by atoms with Crippen LogP contribution in [0.3, 0.4) is 0 Å². The Bertz CT molecular complexity index is 636. The van der Waals surface area contributed by atoms with E-state index in [1.54, 1.807) is 0 Å². The summed E-state index contributed by atoms with van der Waals surface area (Å²) in [5.74, 6) is 1.71. The molecule has 1 amide bonds. The number of aryl methyl sites for hydroxylation is 3. The van der Waals surface area contributed by atoms with E-state index >= 15 is 0 Å². The first-order valence-electron chi connectivity index (χ1n) is 6.82. The van der Waals surface area contributed by atoms with E-state index in [-0.39, 0.29) is 11.9 Å². The van der Waals surface area contributed by atoms with E-state index in [0.29, 0.717) is 11.3 Å². The van der Waals surface area contributed by atoms with Crippen molar-refractivity contribution in [3.63, 3.8) is 0 Å². The topological polar surface area (TPSA) is 88.5 Å². The fourth-order valence-electron chi connectivity index (χ4n) is 2.71. The number of hydrogen-bond donors (Lipinski definition) is 2. The number of carbonyl (C=O) groups is 1. The second kappa shape index (κ2) is 4.73. The molecule has 1 aliphatic rings. The van der Waals surface area contributed by atoms with Crippen molar-refractivity contribution in [2.75, 3.05) is 0 Å². The predicted molar refractivity (Wildman–Crippen MR) is 72.3 cm³/mol. The van der Waals surface area contributed by atoms with E-state index in [4.69, 9.17) is 0 Å². The third-order valence-corrected chi connectivity index (χ3v) is 3.73. The van der Waals surface area contributed by atoms with Gasteiger partial charge in [-0.2, -0.15) is 5.10 Å². The standard InChI is InChI=1S/C13H18N6O/c1-7-11(8(2)16-15-7)13(20)14-9(3)12-18-17-10-5-4-6-19(10)12/h9H,4-6H2,1-3H3,(H,14,20)(H,15,16). The molecule has 7 heteroatoms. The van der Waals surface area contributed by atoms with Crippen LogP contribution in [0.4, 0.5) is 0 Å². The fourth-order valence-corrected chi connectivity index (χ4v) is 2.71. The van der Waals surface area contributed by atoms with Gasteiger partial charge in [0.25, 0.3) is 5.91 Å². The third-order valence-electron chi connectivity index (χ3n) is 3.73. The van der Waals surface area contributed by atoms with Gasteiger partial charge in [0.15, 0.2) is 5.82 Å². The normalized spacial score (nSPS) is 15.2. The Balaban J connectivity index is 1.79. The SMILES string of the molecule is Cc1n[nH]c(C)c1C(=O)NC(C)c1nnc2n1CCC2. The molecule has 3 heterocycles. The molecule has 20 heavy (non-hydrogen) atoms. The molecule has 2 N–H and O–H groups in total. The first-order valence-corrected chi connectivity index (χ1v) is 6.82. The maximum absolute atomic E-state index is 12.3. The Hall–Kier alpha value is -2.18. The molecule has 0 saturated heterocycles. The molecule has 0 radical (unpaired) electrons. The number of nitrogens with one attached hydrogen (secondary N) is 2. The summed E-state index contributed by atoms with van der Waals surface area (Å²) in [6.45, 7) is 6.52. The van der Waals surface area contributed by atoms with Crippen molar-refractivity contribution in [2.45, 2.75) is 46.2 Å². The van der Waals surface area contributed by atoms with Crippen molar-refractivity contribution in [1.29, 1.82) is 0 Å². The summed E-state index contributed by atoms with van der Waals surface area (Å²) in [6.07, 6.45) is 2.06. The van der Waals surface area contributed by atoms with Gasteiger partial charge in [0.2, 0.25) is 0 Å². The third kappa shape index (κ3) is 1.99. The molecule has 0 aromatic carbocycles. The minimum Gasteiger partial charge on any atom is -0.342 e. The van der Waals surface area contributed by atoms with Crippen molar-refractivity contribution in [2.24, 2.45) is 0 Å². The van der Waals surface area contributed by atoms with Crippen LogP contribution in [0.2, 0.25) is 0 Å². The minimum absolute atomic E-state index is 0.128. The minimum atomic E-state index is -0.171. The van der Waals surface area contributed by atoms with Gasteiger partial charge in [-0.15, -0.1) is 10.2 Å². The fraction of sp³-hybridized carbons (Fsp3) is 0.538. The highest BCUT2D eigenvalue weighted by Gasteiger charge is 2.24. The largest absolute Gasteiger partial charge is 0.342 e. The van der Waals surface area contributed by atoms with Gasteiger partial charge >= 0.3 is 0 Å². The van der Waals surface area contributed by atoms with E-state index in [1.165, 1.54) is 0 Å². The van der Waals surface area contributed by atoms with Crippen LogP contribution in [-0.2, 0) is 13.0 Å². The van der Waals surface area contributed by atoms with Gasteiger partial charge in [-0.1, -0.05) is 0 Å². The maximum atomic E-state index is 12.3. The lowest BCUT2D eigenvalue weighted by molar-refractivity contribution is 0.0936. The molecule has 0 saturated carbocycles. The molecule has 0 fully saturated rings. The highest BCUT2D eigenvalue weighted by Crippen LogP contribution is 2.19. The first kappa shape index (κ1) is 12.8. The van der Waals surface area contributed by atoms with Gasteiger partial charge in [-0.25, -0.2) is 0 Å². The molecule has 1 unspecified atom stereocenters. The Kier molecular flexibility index (Phi) is 3.04. The summed E-state index contributed by atoms with van der Waals surface area (Å²) in [4.78, 5) is 12.3. The van der Waals surface area contributed by atoms with Crippen molar-refractivity contribution in [3.05, 3.63) is 28.6 Å². The van der Waals surface area contributed by atoms with Crippen LogP contribution < -0.4 is 5.32 Å². The Morgan fingerprint density at radius 1 is 1.40 bits per heavy atom. The second-order valence-corrected chi connectivity index (χ2v) is 5.23. The summed E-state index contributed by atoms with van der Waals surface area (Å²) < 4.78 is 2.10. The van der Waals surface area contributed by atoms with Crippen molar-refractivity contribution in [1.82, 2.24) is 30.3 Å². The van der Waals surface area contributed by atoms with Crippen LogP contribution in [0.15, 0.2) is 0 Å². The van der Waals surface area contributed by atoms with Crippen LogP contribution in [0.25, 0.3) is 0 Å². The summed E-state index contributed by atoms with van der Waals surface area (Å²) in [5, 5.41) is 18.2. The summed E-state index contributed by atoms with van der Waals surface area (Å²) >= 11 is 0. The molecular weight excluding hydrogens is 256 g/mol. The smallest absolute Gasteiger partial charge is 0.255 e. The lowest BCUT2D eigenvalue weighted by Gasteiger charge is -2.14. The number of fused-ring (bicyclic) bond motifs is 1. The number of amides is 1. The van der Waals surface area contributed by atoms with Crippen molar-refractivity contribution in [3.8, 4) is 0 Å². The van der Waals surface area contributed by atoms with Gasteiger partial charge < -0.3 is 9.88 Å². The zero-order chi connectivity index (χ0) is 14.3. The van der Waals surface area contributed by atoms with Crippen LogP contribution in [0.1, 0.15) is 52.8 Å². The highest BCUT2D eigenvalue weighted by atomic mass is 16.1. The summed E-state index contributed by atoms with van der Waals surface area (Å²) in [7, 11) is 0. The summed E-state index contributed by atoms with van der Waals surface area (Å²) in [6, 6.07) is -0.171. The molecule has 3 rings (SSSR count). The molecule has 1 aliphatic heterocycles. The van der Waals surface area contributed by atoms with Crippen molar-refractivity contribution >= 4 is 5.91 Å². The number of nitrogens with zero attached hydrogens (tertiary/aromatic N) is 4. The molecule has 2 aromatic rings. The van der Waals surface area contributed by atoms with Crippen LogP contribution >= 0.6 is 0 Å². The Morgan fingerprint density at radius 3 is 2.90 bits per heavy atom. The maximum Gasteiger partial charge on any atom is 0.255 e. The van der Waals surface area contributed by atoms with Crippen LogP contribution in [0.5, 0.6) is 0 Å². The zero-order valence-electron chi connectivity index (χ0n) is 11.9. The second-order valence-electron chi connectivity index (χ2n) is 5.23. The average molecular weight is 274 g/mol. The highest BCUT2D eigenvalue weighted by molar-refractivity contribution is 5.96. The van der Waals surface area contributed by atoms with Gasteiger partial charge in [-0.05, 0) is 27.2 Å². The Morgan fingerprint density at radius 2 is 2.20 bits per heavy atom. The van der Waals surface area contributed by atoms with E-state index < -0.39 is 0 Å². The molecule has 1 atom stereocenters.